The summed E-state index contributed by atoms with van der Waals surface area (Å²) in [5, 5.41) is 8.87. The molecule has 0 aliphatic carbocycles. The second-order valence-corrected chi connectivity index (χ2v) is 5.36. The van der Waals surface area contributed by atoms with E-state index < -0.39 is 0 Å². The molecule has 0 amide bonds. The van der Waals surface area contributed by atoms with Gasteiger partial charge in [-0.2, -0.15) is 5.26 Å². The average Bonchev–Trinajstić information content (AvgIpc) is 2.96. The minimum absolute atomic E-state index is 0.394. The van der Waals surface area contributed by atoms with Crippen LogP contribution in [0.25, 0.3) is 11.0 Å². The smallest absolute Gasteiger partial charge is 0.148 e. The van der Waals surface area contributed by atoms with Crippen LogP contribution in [-0.4, -0.2) is 9.55 Å². The van der Waals surface area contributed by atoms with E-state index in [4.69, 9.17) is 10.00 Å². The van der Waals surface area contributed by atoms with E-state index in [2.05, 4.69) is 34.7 Å². The Morgan fingerprint density at radius 1 is 1.13 bits per heavy atom. The fourth-order valence-electron chi connectivity index (χ4n) is 2.62. The average molecular weight is 305 g/mol. The molecule has 0 spiro atoms. The van der Waals surface area contributed by atoms with Gasteiger partial charge in [0.05, 0.1) is 23.5 Å². The fraction of sp³-hybridized carbons (Fsp3) is 0.263. The summed E-state index contributed by atoms with van der Waals surface area (Å²) in [6.45, 7) is 3.16. The van der Waals surface area contributed by atoms with Gasteiger partial charge in [0.1, 0.15) is 18.2 Å². The lowest BCUT2D eigenvalue weighted by Crippen LogP contribution is -2.07. The third-order valence-electron chi connectivity index (χ3n) is 3.88. The van der Waals surface area contributed by atoms with Crippen LogP contribution < -0.4 is 4.74 Å². The SMILES string of the molecule is CCc1ccc(OCc2nc3ccccc3n2CCC#N)cc1. The highest BCUT2D eigenvalue weighted by molar-refractivity contribution is 5.75. The number of nitrogens with zero attached hydrogens (tertiary/aromatic N) is 3. The molecule has 0 atom stereocenters. The Bertz CT molecular complexity index is 828. The van der Waals surface area contributed by atoms with Crippen LogP contribution in [-0.2, 0) is 19.6 Å². The van der Waals surface area contributed by atoms with Crippen molar-refractivity contribution in [2.24, 2.45) is 0 Å². The second-order valence-electron chi connectivity index (χ2n) is 5.36. The van der Waals surface area contributed by atoms with Crippen LogP contribution in [0, 0.1) is 11.3 Å². The van der Waals surface area contributed by atoms with Crippen molar-refractivity contribution in [2.75, 3.05) is 0 Å². The molecule has 3 aromatic rings. The van der Waals surface area contributed by atoms with Gasteiger partial charge in [-0.3, -0.25) is 0 Å². The summed E-state index contributed by atoms with van der Waals surface area (Å²) in [7, 11) is 0. The number of nitriles is 1. The van der Waals surface area contributed by atoms with Crippen molar-refractivity contribution in [3.8, 4) is 11.8 Å². The maximum Gasteiger partial charge on any atom is 0.148 e. The summed E-state index contributed by atoms with van der Waals surface area (Å²) >= 11 is 0. The van der Waals surface area contributed by atoms with Gasteiger partial charge in [0, 0.05) is 6.54 Å². The van der Waals surface area contributed by atoms with E-state index in [9.17, 15) is 0 Å². The number of aryl methyl sites for hydroxylation is 2. The molecule has 4 heteroatoms. The Kier molecular flexibility index (Phi) is 4.58. The lowest BCUT2D eigenvalue weighted by Gasteiger charge is -2.09. The van der Waals surface area contributed by atoms with E-state index >= 15 is 0 Å². The van der Waals surface area contributed by atoms with Gasteiger partial charge < -0.3 is 9.30 Å². The standard InChI is InChI=1S/C19H19N3O/c1-2-15-8-10-16(11-9-15)23-14-19-21-17-6-3-4-7-18(17)22(19)13-5-12-20/h3-4,6-11H,2,5,13-14H2,1H3. The molecule has 0 aliphatic heterocycles. The van der Waals surface area contributed by atoms with Crippen molar-refractivity contribution in [3.05, 3.63) is 59.9 Å². The number of para-hydroxylation sites is 2. The number of imidazole rings is 1. The van der Waals surface area contributed by atoms with Crippen molar-refractivity contribution in [1.29, 1.82) is 5.26 Å². The molecule has 0 unspecified atom stereocenters. The molecular weight excluding hydrogens is 286 g/mol. The molecule has 4 nitrogen and oxygen atoms in total. The fourth-order valence-corrected chi connectivity index (χ4v) is 2.62. The van der Waals surface area contributed by atoms with Gasteiger partial charge >= 0.3 is 0 Å². The quantitative estimate of drug-likeness (QED) is 0.689. The van der Waals surface area contributed by atoms with Crippen LogP contribution in [0.4, 0.5) is 0 Å². The van der Waals surface area contributed by atoms with Crippen molar-refractivity contribution in [2.45, 2.75) is 32.9 Å². The summed E-state index contributed by atoms with van der Waals surface area (Å²) < 4.78 is 7.94. The minimum Gasteiger partial charge on any atom is -0.486 e. The number of rotatable bonds is 6. The van der Waals surface area contributed by atoms with E-state index in [0.29, 0.717) is 19.6 Å². The number of hydrogen-bond donors (Lipinski definition) is 0. The largest absolute Gasteiger partial charge is 0.486 e. The van der Waals surface area contributed by atoms with Gasteiger partial charge in [-0.15, -0.1) is 0 Å². The van der Waals surface area contributed by atoms with Crippen LogP contribution in [0.15, 0.2) is 48.5 Å². The molecule has 23 heavy (non-hydrogen) atoms. The molecule has 0 saturated carbocycles. The minimum atomic E-state index is 0.394. The van der Waals surface area contributed by atoms with Crippen LogP contribution in [0.2, 0.25) is 0 Å². The molecule has 0 aliphatic rings. The van der Waals surface area contributed by atoms with Crippen molar-refractivity contribution >= 4 is 11.0 Å². The zero-order valence-corrected chi connectivity index (χ0v) is 13.2. The number of benzene rings is 2. The molecule has 1 heterocycles. The number of aromatic nitrogens is 2. The highest BCUT2D eigenvalue weighted by Gasteiger charge is 2.10. The number of hydrogen-bond acceptors (Lipinski definition) is 3. The van der Waals surface area contributed by atoms with Crippen molar-refractivity contribution < 1.29 is 4.74 Å². The first-order valence-electron chi connectivity index (χ1n) is 7.84. The first-order valence-corrected chi connectivity index (χ1v) is 7.84. The van der Waals surface area contributed by atoms with Gasteiger partial charge in [0.2, 0.25) is 0 Å². The predicted octanol–water partition coefficient (Wildman–Crippen LogP) is 4.09. The monoisotopic (exact) mass is 305 g/mol. The summed E-state index contributed by atoms with van der Waals surface area (Å²) in [5.41, 5.74) is 3.27. The van der Waals surface area contributed by atoms with E-state index in [1.807, 2.05) is 36.4 Å². The first kappa shape index (κ1) is 15.1. The van der Waals surface area contributed by atoms with E-state index in [-0.39, 0.29) is 0 Å². The van der Waals surface area contributed by atoms with Crippen LogP contribution in [0.1, 0.15) is 24.7 Å². The predicted molar refractivity (Wildman–Crippen MR) is 90.1 cm³/mol. The molecule has 0 fully saturated rings. The number of ether oxygens (including phenoxy) is 1. The Morgan fingerprint density at radius 2 is 1.91 bits per heavy atom. The topological polar surface area (TPSA) is 50.8 Å². The molecule has 0 bridgehead atoms. The molecule has 3 rings (SSSR count). The Labute approximate surface area is 136 Å². The molecule has 0 saturated heterocycles. The zero-order valence-electron chi connectivity index (χ0n) is 13.2. The normalized spacial score (nSPS) is 10.6. The lowest BCUT2D eigenvalue weighted by molar-refractivity contribution is 0.290. The lowest BCUT2D eigenvalue weighted by atomic mass is 10.2. The van der Waals surface area contributed by atoms with Gasteiger partial charge in [-0.05, 0) is 36.2 Å². The van der Waals surface area contributed by atoms with Gasteiger partial charge in [0.15, 0.2) is 0 Å². The van der Waals surface area contributed by atoms with Crippen molar-refractivity contribution in [1.82, 2.24) is 9.55 Å². The van der Waals surface area contributed by atoms with E-state index in [1.54, 1.807) is 0 Å². The Morgan fingerprint density at radius 3 is 2.65 bits per heavy atom. The Hall–Kier alpha value is -2.80. The number of fused-ring (bicyclic) bond motifs is 1. The maximum absolute atomic E-state index is 8.87. The van der Waals surface area contributed by atoms with Crippen LogP contribution >= 0.6 is 0 Å². The highest BCUT2D eigenvalue weighted by Crippen LogP contribution is 2.19. The summed E-state index contributed by atoms with van der Waals surface area (Å²) in [6, 6.07) is 18.3. The van der Waals surface area contributed by atoms with Gasteiger partial charge in [-0.1, -0.05) is 31.2 Å². The zero-order chi connectivity index (χ0) is 16.1. The molecule has 2 aromatic carbocycles. The van der Waals surface area contributed by atoms with Crippen molar-refractivity contribution in [3.63, 3.8) is 0 Å². The Balaban J connectivity index is 1.82. The summed E-state index contributed by atoms with van der Waals surface area (Å²) in [6.07, 6.45) is 1.47. The third-order valence-corrected chi connectivity index (χ3v) is 3.88. The van der Waals surface area contributed by atoms with Crippen LogP contribution in [0.5, 0.6) is 5.75 Å². The molecular formula is C19H19N3O. The highest BCUT2D eigenvalue weighted by atomic mass is 16.5. The van der Waals surface area contributed by atoms with Crippen LogP contribution in [0.3, 0.4) is 0 Å². The molecule has 1 aromatic heterocycles. The second kappa shape index (κ2) is 6.97. The molecule has 0 N–H and O–H groups in total. The third kappa shape index (κ3) is 3.35. The molecule has 116 valence electrons. The first-order chi connectivity index (χ1) is 11.3. The molecule has 0 radical (unpaired) electrons. The van der Waals surface area contributed by atoms with Gasteiger partial charge in [0.25, 0.3) is 0 Å². The van der Waals surface area contributed by atoms with E-state index in [0.717, 1.165) is 29.0 Å². The summed E-state index contributed by atoms with van der Waals surface area (Å²) in [5.74, 6) is 1.68. The maximum atomic E-state index is 8.87. The van der Waals surface area contributed by atoms with Gasteiger partial charge in [-0.25, -0.2) is 4.98 Å². The summed E-state index contributed by atoms with van der Waals surface area (Å²) in [4.78, 5) is 4.64. The van der Waals surface area contributed by atoms with E-state index in [1.165, 1.54) is 5.56 Å².